The lowest BCUT2D eigenvalue weighted by atomic mass is 10.1. The first-order chi connectivity index (χ1) is 8.58. The van der Waals surface area contributed by atoms with Crippen molar-refractivity contribution in [2.45, 2.75) is 20.4 Å². The second kappa shape index (κ2) is 5.50. The molecule has 0 saturated carbocycles. The normalized spacial score (nSPS) is 13.4. The molecule has 2 rings (SSSR count). The van der Waals surface area contributed by atoms with Crippen LogP contribution in [0.4, 0.5) is 0 Å². The molecule has 0 amide bonds. The van der Waals surface area contributed by atoms with Gasteiger partial charge >= 0.3 is 0 Å². The van der Waals surface area contributed by atoms with Gasteiger partial charge < -0.3 is 15.6 Å². The highest BCUT2D eigenvalue weighted by atomic mass is 15.1. The average Bonchev–Trinajstić information content (AvgIpc) is 2.68. The molecule has 0 saturated heterocycles. The Balaban J connectivity index is 2.07. The van der Waals surface area contributed by atoms with E-state index in [2.05, 4.69) is 47.0 Å². The van der Waals surface area contributed by atoms with E-state index in [1.165, 1.54) is 5.56 Å². The van der Waals surface area contributed by atoms with E-state index in [1.807, 2.05) is 6.92 Å². The van der Waals surface area contributed by atoms with Gasteiger partial charge in [0.05, 0.1) is 11.0 Å². The van der Waals surface area contributed by atoms with E-state index >= 15 is 0 Å². The molecule has 0 aliphatic heterocycles. The number of aromatic amines is 1. The number of hydrogen-bond donors (Lipinski definition) is 2. The van der Waals surface area contributed by atoms with Gasteiger partial charge in [0.25, 0.3) is 0 Å². The van der Waals surface area contributed by atoms with E-state index in [0.717, 1.165) is 36.5 Å². The predicted molar refractivity (Wildman–Crippen MR) is 75.4 cm³/mol. The van der Waals surface area contributed by atoms with E-state index in [1.54, 1.807) is 0 Å². The van der Waals surface area contributed by atoms with Crippen LogP contribution in [0, 0.1) is 12.8 Å². The number of H-pyrrole nitrogens is 1. The van der Waals surface area contributed by atoms with Gasteiger partial charge in [-0.2, -0.15) is 0 Å². The lowest BCUT2D eigenvalue weighted by Crippen LogP contribution is -2.28. The monoisotopic (exact) mass is 246 g/mol. The van der Waals surface area contributed by atoms with Crippen LogP contribution < -0.4 is 5.73 Å². The first kappa shape index (κ1) is 13.1. The maximum absolute atomic E-state index is 5.65. The second-order valence-electron chi connectivity index (χ2n) is 5.21. The number of hydrogen-bond acceptors (Lipinski definition) is 3. The van der Waals surface area contributed by atoms with Gasteiger partial charge in [0, 0.05) is 13.1 Å². The first-order valence-electron chi connectivity index (χ1n) is 6.42. The van der Waals surface area contributed by atoms with Crippen LogP contribution in [0.2, 0.25) is 0 Å². The lowest BCUT2D eigenvalue weighted by molar-refractivity contribution is 0.282. The highest BCUT2D eigenvalue weighted by Crippen LogP contribution is 2.15. The Morgan fingerprint density at radius 2 is 2.22 bits per heavy atom. The van der Waals surface area contributed by atoms with Gasteiger partial charge in [0.1, 0.15) is 5.82 Å². The molecular formula is C14H22N4. The van der Waals surface area contributed by atoms with Crippen LogP contribution in [0.3, 0.4) is 0 Å². The summed E-state index contributed by atoms with van der Waals surface area (Å²) in [5, 5.41) is 0. The molecule has 0 radical (unpaired) electrons. The summed E-state index contributed by atoms with van der Waals surface area (Å²) in [6, 6.07) is 6.40. The van der Waals surface area contributed by atoms with Crippen molar-refractivity contribution in [2.24, 2.45) is 11.7 Å². The Morgan fingerprint density at radius 1 is 1.44 bits per heavy atom. The van der Waals surface area contributed by atoms with E-state index in [9.17, 15) is 0 Å². The number of rotatable bonds is 5. The van der Waals surface area contributed by atoms with E-state index in [4.69, 9.17) is 5.73 Å². The molecule has 0 bridgehead atoms. The maximum atomic E-state index is 5.65. The minimum atomic E-state index is 0.535. The summed E-state index contributed by atoms with van der Waals surface area (Å²) in [4.78, 5) is 9.99. The lowest BCUT2D eigenvalue weighted by Gasteiger charge is -2.20. The quantitative estimate of drug-likeness (QED) is 0.847. The number of aryl methyl sites for hydroxylation is 1. The zero-order valence-electron chi connectivity index (χ0n) is 11.4. The third kappa shape index (κ3) is 3.09. The minimum absolute atomic E-state index is 0.535. The van der Waals surface area contributed by atoms with Crippen LogP contribution in [-0.4, -0.2) is 35.0 Å². The number of nitrogens with two attached hydrogens (primary N) is 1. The van der Waals surface area contributed by atoms with Crippen LogP contribution >= 0.6 is 0 Å². The van der Waals surface area contributed by atoms with E-state index in [0.29, 0.717) is 5.92 Å². The van der Waals surface area contributed by atoms with Crippen LogP contribution in [-0.2, 0) is 6.54 Å². The summed E-state index contributed by atoms with van der Waals surface area (Å²) in [5.41, 5.74) is 9.11. The third-order valence-electron chi connectivity index (χ3n) is 3.14. The Labute approximate surface area is 108 Å². The first-order valence-corrected chi connectivity index (χ1v) is 6.42. The molecule has 0 spiro atoms. The van der Waals surface area contributed by atoms with Crippen molar-refractivity contribution in [3.63, 3.8) is 0 Å². The summed E-state index contributed by atoms with van der Waals surface area (Å²) in [5.74, 6) is 1.50. The fourth-order valence-electron chi connectivity index (χ4n) is 2.27. The molecule has 1 aromatic heterocycles. The average molecular weight is 246 g/mol. The Kier molecular flexibility index (Phi) is 3.99. The summed E-state index contributed by atoms with van der Waals surface area (Å²) < 4.78 is 0. The Morgan fingerprint density at radius 3 is 2.94 bits per heavy atom. The van der Waals surface area contributed by atoms with Crippen molar-refractivity contribution in [3.8, 4) is 0 Å². The molecule has 18 heavy (non-hydrogen) atoms. The summed E-state index contributed by atoms with van der Waals surface area (Å²) in [6.45, 7) is 6.87. The second-order valence-corrected chi connectivity index (χ2v) is 5.21. The minimum Gasteiger partial charge on any atom is -0.342 e. The molecule has 1 unspecified atom stereocenters. The number of imidazole rings is 1. The Hall–Kier alpha value is -1.39. The molecule has 0 fully saturated rings. The molecule has 4 heteroatoms. The van der Waals surface area contributed by atoms with Crippen LogP contribution in [0.1, 0.15) is 18.3 Å². The predicted octanol–water partition coefficient (Wildman–Crippen LogP) is 1.90. The molecule has 0 aliphatic carbocycles. The fraction of sp³-hybridized carbons (Fsp3) is 0.500. The molecule has 1 aromatic carbocycles. The van der Waals surface area contributed by atoms with Crippen molar-refractivity contribution in [3.05, 3.63) is 29.6 Å². The summed E-state index contributed by atoms with van der Waals surface area (Å²) >= 11 is 0. The largest absolute Gasteiger partial charge is 0.342 e. The van der Waals surface area contributed by atoms with Gasteiger partial charge in [-0.15, -0.1) is 0 Å². The van der Waals surface area contributed by atoms with Crippen molar-refractivity contribution in [1.29, 1.82) is 0 Å². The molecule has 98 valence electrons. The van der Waals surface area contributed by atoms with E-state index < -0.39 is 0 Å². The molecule has 1 heterocycles. The fourth-order valence-corrected chi connectivity index (χ4v) is 2.27. The molecular weight excluding hydrogens is 224 g/mol. The maximum Gasteiger partial charge on any atom is 0.104 e. The zero-order chi connectivity index (χ0) is 13.1. The molecule has 3 N–H and O–H groups in total. The third-order valence-corrected chi connectivity index (χ3v) is 3.14. The standard InChI is InChI=1S/C14H22N4/c1-10(7-15)8-18(3)9-12-4-5-13-14(6-12)17-11(2)16-13/h4-6,10H,7-9,15H2,1-3H3,(H,16,17). The smallest absolute Gasteiger partial charge is 0.104 e. The number of fused-ring (bicyclic) bond motifs is 1. The van der Waals surface area contributed by atoms with Gasteiger partial charge in [-0.25, -0.2) is 4.98 Å². The summed E-state index contributed by atoms with van der Waals surface area (Å²) in [6.07, 6.45) is 0. The Bertz CT molecular complexity index is 517. The van der Waals surface area contributed by atoms with Crippen LogP contribution in [0.25, 0.3) is 11.0 Å². The van der Waals surface area contributed by atoms with E-state index in [-0.39, 0.29) is 0 Å². The highest BCUT2D eigenvalue weighted by molar-refractivity contribution is 5.75. The number of nitrogens with zero attached hydrogens (tertiary/aromatic N) is 2. The van der Waals surface area contributed by atoms with Gasteiger partial charge in [-0.3, -0.25) is 0 Å². The molecule has 1 atom stereocenters. The van der Waals surface area contributed by atoms with Crippen molar-refractivity contribution >= 4 is 11.0 Å². The number of aromatic nitrogens is 2. The number of benzene rings is 1. The van der Waals surface area contributed by atoms with Crippen LogP contribution in [0.5, 0.6) is 0 Å². The van der Waals surface area contributed by atoms with Gasteiger partial charge in [0.15, 0.2) is 0 Å². The molecule has 0 aliphatic rings. The molecule has 4 nitrogen and oxygen atoms in total. The van der Waals surface area contributed by atoms with Gasteiger partial charge in [-0.1, -0.05) is 13.0 Å². The number of nitrogens with one attached hydrogen (secondary N) is 1. The van der Waals surface area contributed by atoms with Crippen molar-refractivity contribution in [1.82, 2.24) is 14.9 Å². The van der Waals surface area contributed by atoms with Crippen LogP contribution in [0.15, 0.2) is 18.2 Å². The molecule has 2 aromatic rings. The summed E-state index contributed by atoms with van der Waals surface area (Å²) in [7, 11) is 2.13. The SMILES string of the molecule is Cc1nc2ccc(CN(C)CC(C)CN)cc2[nH]1. The topological polar surface area (TPSA) is 57.9 Å². The highest BCUT2D eigenvalue weighted by Gasteiger charge is 2.06. The van der Waals surface area contributed by atoms with Crippen molar-refractivity contribution < 1.29 is 0 Å². The van der Waals surface area contributed by atoms with Crippen molar-refractivity contribution in [2.75, 3.05) is 20.1 Å². The zero-order valence-corrected chi connectivity index (χ0v) is 11.4. The van der Waals surface area contributed by atoms with Gasteiger partial charge in [0.2, 0.25) is 0 Å². The van der Waals surface area contributed by atoms with Gasteiger partial charge in [-0.05, 0) is 44.1 Å².